The summed E-state index contributed by atoms with van der Waals surface area (Å²) in [5.74, 6) is -0.0777. The van der Waals surface area contributed by atoms with Crippen molar-refractivity contribution in [3.8, 4) is 0 Å². The fourth-order valence-corrected chi connectivity index (χ4v) is 4.45. The van der Waals surface area contributed by atoms with Gasteiger partial charge in [-0.25, -0.2) is 8.42 Å². The lowest BCUT2D eigenvalue weighted by molar-refractivity contribution is -0.123. The van der Waals surface area contributed by atoms with Gasteiger partial charge in [0.05, 0.1) is 17.7 Å². The number of nitrogens with two attached hydrogens (primary N) is 1. The monoisotopic (exact) mass is 261 g/mol. The lowest BCUT2D eigenvalue weighted by atomic mass is 9.93. The zero-order valence-corrected chi connectivity index (χ0v) is 10.6. The van der Waals surface area contributed by atoms with Gasteiger partial charge in [-0.1, -0.05) is 0 Å². The number of fused-ring (bicyclic) bond motifs is 1. The fourth-order valence-electron chi connectivity index (χ4n) is 2.64. The molecule has 0 aromatic heterocycles. The quantitative estimate of drug-likeness (QED) is 0.670. The Kier molecular flexibility index (Phi) is 3.70. The van der Waals surface area contributed by atoms with E-state index in [2.05, 4.69) is 5.32 Å². The van der Waals surface area contributed by atoms with Gasteiger partial charge in [0.25, 0.3) is 0 Å². The first kappa shape index (κ1) is 12.8. The van der Waals surface area contributed by atoms with Crippen molar-refractivity contribution < 1.29 is 13.2 Å². The third-order valence-corrected chi connectivity index (χ3v) is 5.49. The summed E-state index contributed by atoms with van der Waals surface area (Å²) in [5, 5.41) is 2.75. The van der Waals surface area contributed by atoms with Crippen LogP contribution in [0.2, 0.25) is 0 Å². The minimum Gasteiger partial charge on any atom is -0.354 e. The maximum Gasteiger partial charge on any atom is 0.224 e. The Hall–Kier alpha value is -0.660. The van der Waals surface area contributed by atoms with Gasteiger partial charge in [-0.2, -0.15) is 4.31 Å². The number of nitrogens with zero attached hydrogens (tertiary/aromatic N) is 1. The van der Waals surface area contributed by atoms with Crippen LogP contribution in [0.5, 0.6) is 0 Å². The molecule has 2 heterocycles. The molecular weight excluding hydrogens is 242 g/mol. The molecule has 7 heteroatoms. The Labute approximate surface area is 102 Å². The minimum atomic E-state index is -3.26. The van der Waals surface area contributed by atoms with E-state index < -0.39 is 10.0 Å². The summed E-state index contributed by atoms with van der Waals surface area (Å²) >= 11 is 0. The number of carbonyl (C=O) groups excluding carboxylic acids is 1. The molecule has 2 saturated heterocycles. The van der Waals surface area contributed by atoms with E-state index in [1.807, 2.05) is 0 Å². The van der Waals surface area contributed by atoms with Crippen molar-refractivity contribution in [1.82, 2.24) is 9.62 Å². The lowest BCUT2D eigenvalue weighted by Crippen LogP contribution is -2.49. The highest BCUT2D eigenvalue weighted by Crippen LogP contribution is 2.29. The number of nitrogens with one attached hydrogen (secondary N) is 1. The molecule has 2 unspecified atom stereocenters. The Morgan fingerprint density at radius 1 is 1.47 bits per heavy atom. The van der Waals surface area contributed by atoms with E-state index in [-0.39, 0.29) is 23.6 Å². The van der Waals surface area contributed by atoms with Crippen molar-refractivity contribution in [2.45, 2.75) is 25.3 Å². The Morgan fingerprint density at radius 3 is 2.94 bits per heavy atom. The van der Waals surface area contributed by atoms with Crippen molar-refractivity contribution in [2.75, 3.05) is 25.4 Å². The SMILES string of the molecule is NCCCS(=O)(=O)N1CCCC2C(=O)NCC21. The van der Waals surface area contributed by atoms with Gasteiger partial charge in [0.1, 0.15) is 0 Å². The van der Waals surface area contributed by atoms with Crippen LogP contribution in [0.3, 0.4) is 0 Å². The summed E-state index contributed by atoms with van der Waals surface area (Å²) in [4.78, 5) is 11.5. The first-order chi connectivity index (χ1) is 8.06. The predicted octanol–water partition coefficient (Wildman–Crippen LogP) is -1.12. The average Bonchev–Trinajstić information content (AvgIpc) is 2.69. The van der Waals surface area contributed by atoms with Crippen molar-refractivity contribution >= 4 is 15.9 Å². The number of carbonyl (C=O) groups is 1. The number of piperidine rings is 1. The summed E-state index contributed by atoms with van der Waals surface area (Å²) in [7, 11) is -3.26. The van der Waals surface area contributed by atoms with E-state index in [1.165, 1.54) is 4.31 Å². The molecule has 6 nitrogen and oxygen atoms in total. The maximum atomic E-state index is 12.1. The molecule has 0 aliphatic carbocycles. The van der Waals surface area contributed by atoms with Gasteiger partial charge in [0.15, 0.2) is 0 Å². The Balaban J connectivity index is 2.12. The molecule has 2 aliphatic heterocycles. The van der Waals surface area contributed by atoms with E-state index in [0.717, 1.165) is 12.8 Å². The fraction of sp³-hybridized carbons (Fsp3) is 0.900. The van der Waals surface area contributed by atoms with Crippen molar-refractivity contribution in [3.63, 3.8) is 0 Å². The zero-order valence-electron chi connectivity index (χ0n) is 9.76. The largest absolute Gasteiger partial charge is 0.354 e. The van der Waals surface area contributed by atoms with Gasteiger partial charge in [0, 0.05) is 13.1 Å². The first-order valence-corrected chi connectivity index (χ1v) is 7.64. The van der Waals surface area contributed by atoms with Gasteiger partial charge < -0.3 is 11.1 Å². The Bertz CT molecular complexity index is 396. The molecule has 98 valence electrons. The molecule has 2 aliphatic rings. The second kappa shape index (κ2) is 4.91. The van der Waals surface area contributed by atoms with Crippen molar-refractivity contribution in [3.05, 3.63) is 0 Å². The standard InChI is InChI=1S/C10H19N3O3S/c11-4-2-6-17(15,16)13-5-1-3-8-9(13)7-12-10(8)14/h8-9H,1-7,11H2,(H,12,14). The molecule has 2 fully saturated rings. The van der Waals surface area contributed by atoms with E-state index in [0.29, 0.717) is 26.1 Å². The van der Waals surface area contributed by atoms with Crippen LogP contribution in [0.15, 0.2) is 0 Å². The molecule has 3 N–H and O–H groups in total. The van der Waals surface area contributed by atoms with Gasteiger partial charge in [-0.15, -0.1) is 0 Å². The number of amides is 1. The van der Waals surface area contributed by atoms with Crippen LogP contribution in [-0.4, -0.2) is 50.1 Å². The summed E-state index contributed by atoms with van der Waals surface area (Å²) in [6.45, 7) is 1.35. The van der Waals surface area contributed by atoms with E-state index in [1.54, 1.807) is 0 Å². The van der Waals surface area contributed by atoms with Crippen LogP contribution < -0.4 is 11.1 Å². The predicted molar refractivity (Wildman–Crippen MR) is 63.7 cm³/mol. The van der Waals surface area contributed by atoms with Gasteiger partial charge >= 0.3 is 0 Å². The number of hydrogen-bond donors (Lipinski definition) is 2. The molecule has 0 radical (unpaired) electrons. The molecule has 2 atom stereocenters. The van der Waals surface area contributed by atoms with Crippen LogP contribution in [-0.2, 0) is 14.8 Å². The Morgan fingerprint density at radius 2 is 2.24 bits per heavy atom. The maximum absolute atomic E-state index is 12.1. The number of rotatable bonds is 4. The van der Waals surface area contributed by atoms with E-state index in [4.69, 9.17) is 5.73 Å². The highest BCUT2D eigenvalue weighted by atomic mass is 32.2. The van der Waals surface area contributed by atoms with Gasteiger partial charge in [-0.3, -0.25) is 4.79 Å². The second-order valence-corrected chi connectivity index (χ2v) is 6.67. The van der Waals surface area contributed by atoms with Crippen molar-refractivity contribution in [2.24, 2.45) is 11.7 Å². The normalized spacial score (nSPS) is 30.1. The van der Waals surface area contributed by atoms with E-state index in [9.17, 15) is 13.2 Å². The molecule has 0 spiro atoms. The second-order valence-electron chi connectivity index (χ2n) is 4.63. The molecule has 17 heavy (non-hydrogen) atoms. The first-order valence-electron chi connectivity index (χ1n) is 6.03. The summed E-state index contributed by atoms with van der Waals surface area (Å²) < 4.78 is 25.8. The molecule has 0 aromatic carbocycles. The van der Waals surface area contributed by atoms with Crippen LogP contribution in [0.1, 0.15) is 19.3 Å². The van der Waals surface area contributed by atoms with Crippen LogP contribution >= 0.6 is 0 Å². The molecule has 2 rings (SSSR count). The third kappa shape index (κ3) is 2.46. The molecule has 0 saturated carbocycles. The smallest absolute Gasteiger partial charge is 0.224 e. The summed E-state index contributed by atoms with van der Waals surface area (Å²) in [6, 6.07) is -0.181. The molecule has 1 amide bonds. The van der Waals surface area contributed by atoms with Gasteiger partial charge in [-0.05, 0) is 25.8 Å². The van der Waals surface area contributed by atoms with Crippen LogP contribution in [0.4, 0.5) is 0 Å². The van der Waals surface area contributed by atoms with Crippen LogP contribution in [0.25, 0.3) is 0 Å². The number of hydrogen-bond acceptors (Lipinski definition) is 4. The molecule has 0 bridgehead atoms. The van der Waals surface area contributed by atoms with Crippen molar-refractivity contribution in [1.29, 1.82) is 0 Å². The summed E-state index contributed by atoms with van der Waals surface area (Å²) in [6.07, 6.45) is 2.02. The van der Waals surface area contributed by atoms with Gasteiger partial charge in [0.2, 0.25) is 15.9 Å². The lowest BCUT2D eigenvalue weighted by Gasteiger charge is -2.34. The van der Waals surface area contributed by atoms with E-state index >= 15 is 0 Å². The number of sulfonamides is 1. The molecular formula is C10H19N3O3S. The topological polar surface area (TPSA) is 92.5 Å². The molecule has 0 aromatic rings. The average molecular weight is 261 g/mol. The summed E-state index contributed by atoms with van der Waals surface area (Å²) in [5.41, 5.74) is 5.34. The highest BCUT2D eigenvalue weighted by molar-refractivity contribution is 7.89. The van der Waals surface area contributed by atoms with Crippen LogP contribution in [0, 0.1) is 5.92 Å². The zero-order chi connectivity index (χ0) is 12.5. The minimum absolute atomic E-state index is 0.00581. The third-order valence-electron chi connectivity index (χ3n) is 3.51. The highest BCUT2D eigenvalue weighted by Gasteiger charge is 2.44.